The van der Waals surface area contributed by atoms with E-state index in [1.165, 1.54) is 0 Å². The number of nitrogens with two attached hydrogens (primary N) is 1. The lowest BCUT2D eigenvalue weighted by molar-refractivity contribution is 0.332. The van der Waals surface area contributed by atoms with Crippen LogP contribution in [-0.2, 0) is 0 Å². The molecule has 0 amide bonds. The minimum absolute atomic E-state index is 0.542. The van der Waals surface area contributed by atoms with Crippen LogP contribution in [0.5, 0.6) is 5.75 Å². The molecule has 0 aliphatic heterocycles. The van der Waals surface area contributed by atoms with Gasteiger partial charge in [-0.15, -0.1) is 0 Å². The van der Waals surface area contributed by atoms with Crippen molar-refractivity contribution < 1.29 is 4.74 Å². The summed E-state index contributed by atoms with van der Waals surface area (Å²) in [5.74, 6) is 0.893. The Morgan fingerprint density at radius 3 is 3.08 bits per heavy atom. The Balaban J connectivity index is 2.37. The topological polar surface area (TPSA) is 51.0 Å². The largest absolute Gasteiger partial charge is 0.492 e. The number of hydrogen-bond acceptors (Lipinski definition) is 2. The van der Waals surface area contributed by atoms with Gasteiger partial charge in [0.25, 0.3) is 0 Å². The van der Waals surface area contributed by atoms with Crippen LogP contribution >= 0.6 is 0 Å². The number of H-pyrrole nitrogens is 1. The normalized spacial score (nSPS) is 10.5. The third kappa shape index (κ3) is 1.51. The van der Waals surface area contributed by atoms with E-state index < -0.39 is 0 Å². The molecule has 3 N–H and O–H groups in total. The van der Waals surface area contributed by atoms with E-state index in [1.54, 1.807) is 0 Å². The third-order valence-corrected chi connectivity index (χ3v) is 1.93. The highest BCUT2D eigenvalue weighted by atomic mass is 16.5. The molecule has 0 aliphatic rings. The summed E-state index contributed by atoms with van der Waals surface area (Å²) >= 11 is 0. The quantitative estimate of drug-likeness (QED) is 0.744. The summed E-state index contributed by atoms with van der Waals surface area (Å²) in [6.45, 7) is 1.10. The Bertz CT molecular complexity index is 394. The highest BCUT2D eigenvalue weighted by Gasteiger charge is 2.00. The van der Waals surface area contributed by atoms with Gasteiger partial charge in [-0.25, -0.2) is 0 Å². The summed E-state index contributed by atoms with van der Waals surface area (Å²) in [5.41, 5.74) is 6.46. The maximum atomic E-state index is 5.48. The van der Waals surface area contributed by atoms with Crippen molar-refractivity contribution in [3.8, 4) is 5.75 Å². The maximum Gasteiger partial charge on any atom is 0.128 e. The molecule has 0 unspecified atom stereocenters. The standard InChI is InChI=1S/C10H12N2O/c11-5-7-13-10-3-1-2-9-8(10)4-6-12-9/h1-4,6,12H,5,7,11H2. The number of aromatic nitrogens is 1. The Hall–Kier alpha value is -1.48. The van der Waals surface area contributed by atoms with Crippen LogP contribution in [0.25, 0.3) is 10.9 Å². The fourth-order valence-electron chi connectivity index (χ4n) is 1.35. The molecule has 0 radical (unpaired) electrons. The smallest absolute Gasteiger partial charge is 0.128 e. The van der Waals surface area contributed by atoms with Crippen LogP contribution in [-0.4, -0.2) is 18.1 Å². The van der Waals surface area contributed by atoms with Crippen LogP contribution < -0.4 is 10.5 Å². The molecule has 3 nitrogen and oxygen atoms in total. The van der Waals surface area contributed by atoms with E-state index >= 15 is 0 Å². The number of hydrogen-bond donors (Lipinski definition) is 2. The van der Waals surface area contributed by atoms with Crippen molar-refractivity contribution in [2.75, 3.05) is 13.2 Å². The Labute approximate surface area is 76.5 Å². The Morgan fingerprint density at radius 2 is 2.23 bits per heavy atom. The van der Waals surface area contributed by atoms with E-state index in [0.717, 1.165) is 16.7 Å². The van der Waals surface area contributed by atoms with Gasteiger partial charge in [0.05, 0.1) is 0 Å². The second-order valence-corrected chi connectivity index (χ2v) is 2.83. The van der Waals surface area contributed by atoms with Crippen LogP contribution in [0.15, 0.2) is 30.5 Å². The summed E-state index contributed by atoms with van der Waals surface area (Å²) in [7, 11) is 0. The van der Waals surface area contributed by atoms with E-state index in [-0.39, 0.29) is 0 Å². The number of aromatic amines is 1. The molecule has 0 aliphatic carbocycles. The maximum absolute atomic E-state index is 5.48. The van der Waals surface area contributed by atoms with Gasteiger partial charge >= 0.3 is 0 Å². The summed E-state index contributed by atoms with van der Waals surface area (Å²) < 4.78 is 5.48. The van der Waals surface area contributed by atoms with Crippen LogP contribution in [0.2, 0.25) is 0 Å². The third-order valence-electron chi connectivity index (χ3n) is 1.93. The minimum atomic E-state index is 0.542. The number of nitrogens with one attached hydrogen (secondary N) is 1. The molecule has 0 saturated heterocycles. The van der Waals surface area contributed by atoms with E-state index in [0.29, 0.717) is 13.2 Å². The molecule has 0 fully saturated rings. The van der Waals surface area contributed by atoms with Crippen LogP contribution in [0, 0.1) is 0 Å². The van der Waals surface area contributed by atoms with Gasteiger partial charge in [-0.2, -0.15) is 0 Å². The highest BCUT2D eigenvalue weighted by Crippen LogP contribution is 2.23. The molecule has 3 heteroatoms. The summed E-state index contributed by atoms with van der Waals surface area (Å²) in [5, 5.41) is 1.11. The zero-order chi connectivity index (χ0) is 9.10. The molecule has 0 saturated carbocycles. The summed E-state index contributed by atoms with van der Waals surface area (Å²) in [4.78, 5) is 3.13. The zero-order valence-corrected chi connectivity index (χ0v) is 7.29. The molecular weight excluding hydrogens is 164 g/mol. The lowest BCUT2D eigenvalue weighted by atomic mass is 10.2. The second kappa shape index (κ2) is 3.49. The van der Waals surface area contributed by atoms with Gasteiger partial charge in [-0.1, -0.05) is 6.07 Å². The molecule has 0 spiro atoms. The fraction of sp³-hybridized carbons (Fsp3) is 0.200. The molecule has 2 aromatic rings. The van der Waals surface area contributed by atoms with Gasteiger partial charge in [0.2, 0.25) is 0 Å². The van der Waals surface area contributed by atoms with Crippen molar-refractivity contribution in [3.05, 3.63) is 30.5 Å². The predicted molar refractivity (Wildman–Crippen MR) is 52.8 cm³/mol. The lowest BCUT2D eigenvalue weighted by Crippen LogP contribution is -2.10. The first-order valence-electron chi connectivity index (χ1n) is 4.31. The fourth-order valence-corrected chi connectivity index (χ4v) is 1.35. The molecule has 13 heavy (non-hydrogen) atoms. The first-order chi connectivity index (χ1) is 6.42. The van der Waals surface area contributed by atoms with E-state index in [2.05, 4.69) is 4.98 Å². The summed E-state index contributed by atoms with van der Waals surface area (Å²) in [6.07, 6.45) is 1.90. The van der Waals surface area contributed by atoms with Crippen LogP contribution in [0.1, 0.15) is 0 Å². The van der Waals surface area contributed by atoms with Crippen molar-refractivity contribution >= 4 is 10.9 Å². The van der Waals surface area contributed by atoms with Gasteiger partial charge in [-0.3, -0.25) is 0 Å². The molecule has 0 bridgehead atoms. The van der Waals surface area contributed by atoms with Crippen molar-refractivity contribution in [1.29, 1.82) is 0 Å². The average Bonchev–Trinajstić information content (AvgIpc) is 2.62. The SMILES string of the molecule is NCCOc1cccc2[nH]ccc12. The lowest BCUT2D eigenvalue weighted by Gasteiger charge is -2.04. The molecular formula is C10H12N2O. The molecule has 68 valence electrons. The van der Waals surface area contributed by atoms with Crippen molar-refractivity contribution in [2.45, 2.75) is 0 Å². The van der Waals surface area contributed by atoms with Crippen LogP contribution in [0.4, 0.5) is 0 Å². The van der Waals surface area contributed by atoms with Crippen molar-refractivity contribution in [1.82, 2.24) is 4.98 Å². The van der Waals surface area contributed by atoms with Gasteiger partial charge in [0, 0.05) is 23.6 Å². The first kappa shape index (κ1) is 8.13. The number of benzene rings is 1. The minimum Gasteiger partial charge on any atom is -0.492 e. The number of fused-ring (bicyclic) bond motifs is 1. The van der Waals surface area contributed by atoms with Crippen molar-refractivity contribution in [2.24, 2.45) is 5.73 Å². The molecule has 0 atom stereocenters. The Morgan fingerprint density at radius 1 is 1.31 bits per heavy atom. The van der Waals surface area contributed by atoms with E-state index in [1.807, 2.05) is 30.5 Å². The molecule has 1 aromatic carbocycles. The van der Waals surface area contributed by atoms with Gasteiger partial charge in [0.1, 0.15) is 12.4 Å². The van der Waals surface area contributed by atoms with Gasteiger partial charge < -0.3 is 15.5 Å². The first-order valence-corrected chi connectivity index (χ1v) is 4.31. The van der Waals surface area contributed by atoms with E-state index in [4.69, 9.17) is 10.5 Å². The van der Waals surface area contributed by atoms with E-state index in [9.17, 15) is 0 Å². The van der Waals surface area contributed by atoms with Gasteiger partial charge in [0.15, 0.2) is 0 Å². The zero-order valence-electron chi connectivity index (χ0n) is 7.29. The predicted octanol–water partition coefficient (Wildman–Crippen LogP) is 1.51. The highest BCUT2D eigenvalue weighted by molar-refractivity contribution is 5.85. The Kier molecular flexibility index (Phi) is 2.19. The van der Waals surface area contributed by atoms with Crippen LogP contribution in [0.3, 0.4) is 0 Å². The monoisotopic (exact) mass is 176 g/mol. The second-order valence-electron chi connectivity index (χ2n) is 2.83. The van der Waals surface area contributed by atoms with Crippen molar-refractivity contribution in [3.63, 3.8) is 0 Å². The number of rotatable bonds is 3. The number of ether oxygens (including phenoxy) is 1. The molecule has 2 rings (SSSR count). The van der Waals surface area contributed by atoms with Gasteiger partial charge in [-0.05, 0) is 18.2 Å². The summed E-state index contributed by atoms with van der Waals surface area (Å²) in [6, 6.07) is 7.93. The molecule has 1 aromatic heterocycles. The average molecular weight is 176 g/mol. The molecule has 1 heterocycles.